The third-order valence-corrected chi connectivity index (χ3v) is 7.94. The molecule has 0 bridgehead atoms. The van der Waals surface area contributed by atoms with E-state index in [9.17, 15) is 9.59 Å². The molecular formula is C22H28N4O2S. The molecule has 3 aliphatic heterocycles. The number of aromatic nitrogens is 1. The van der Waals surface area contributed by atoms with Crippen molar-refractivity contribution >= 4 is 33.4 Å². The van der Waals surface area contributed by atoms with E-state index in [4.69, 9.17) is 0 Å². The lowest BCUT2D eigenvalue weighted by Crippen LogP contribution is -2.49. The zero-order chi connectivity index (χ0) is 20.0. The van der Waals surface area contributed by atoms with Crippen LogP contribution in [0.2, 0.25) is 0 Å². The quantitative estimate of drug-likeness (QED) is 0.773. The van der Waals surface area contributed by atoms with Crippen LogP contribution in [-0.4, -0.2) is 77.8 Å². The van der Waals surface area contributed by atoms with Crippen LogP contribution in [0.15, 0.2) is 24.3 Å². The van der Waals surface area contributed by atoms with Crippen molar-refractivity contribution in [3.05, 3.63) is 29.3 Å². The number of carbonyl (C=O) groups excluding carboxylic acids is 2. The third kappa shape index (κ3) is 3.34. The summed E-state index contributed by atoms with van der Waals surface area (Å²) in [7, 11) is 2.09. The van der Waals surface area contributed by atoms with E-state index in [1.165, 1.54) is 4.70 Å². The first kappa shape index (κ1) is 19.0. The lowest BCUT2D eigenvalue weighted by molar-refractivity contribution is -0.141. The summed E-state index contributed by atoms with van der Waals surface area (Å²) in [6, 6.07) is 8.10. The van der Waals surface area contributed by atoms with Gasteiger partial charge in [0.15, 0.2) is 0 Å². The zero-order valence-corrected chi connectivity index (χ0v) is 17.8. The number of hydrogen-bond acceptors (Lipinski definition) is 5. The van der Waals surface area contributed by atoms with Crippen LogP contribution in [0.1, 0.15) is 24.3 Å². The highest BCUT2D eigenvalue weighted by Crippen LogP contribution is 2.44. The van der Waals surface area contributed by atoms with Gasteiger partial charge in [0.1, 0.15) is 0 Å². The van der Waals surface area contributed by atoms with Crippen molar-refractivity contribution in [1.82, 2.24) is 19.7 Å². The van der Waals surface area contributed by atoms with Gasteiger partial charge in [-0.05, 0) is 32.0 Å². The maximum atomic E-state index is 13.4. The van der Waals surface area contributed by atoms with E-state index in [-0.39, 0.29) is 17.7 Å². The smallest absolute Gasteiger partial charge is 0.232 e. The zero-order valence-electron chi connectivity index (χ0n) is 17.0. The summed E-state index contributed by atoms with van der Waals surface area (Å²) in [5.74, 6) is 0.702. The van der Waals surface area contributed by atoms with Gasteiger partial charge in [-0.25, -0.2) is 4.98 Å². The minimum Gasteiger partial charge on any atom is -0.342 e. The highest BCUT2D eigenvalue weighted by atomic mass is 32.1. The molecule has 0 N–H and O–H groups in total. The Bertz CT molecular complexity index is 905. The van der Waals surface area contributed by atoms with Gasteiger partial charge in [0, 0.05) is 58.0 Å². The Morgan fingerprint density at radius 2 is 1.93 bits per heavy atom. The van der Waals surface area contributed by atoms with E-state index in [1.807, 2.05) is 28.0 Å². The Morgan fingerprint density at radius 1 is 1.14 bits per heavy atom. The van der Waals surface area contributed by atoms with Crippen molar-refractivity contribution in [2.75, 3.05) is 46.3 Å². The molecule has 2 amide bonds. The molecule has 3 aliphatic rings. The summed E-state index contributed by atoms with van der Waals surface area (Å²) >= 11 is 1.67. The van der Waals surface area contributed by atoms with E-state index in [0.29, 0.717) is 25.9 Å². The van der Waals surface area contributed by atoms with E-state index in [0.717, 1.165) is 49.5 Å². The molecule has 1 aromatic carbocycles. The molecule has 3 saturated heterocycles. The van der Waals surface area contributed by atoms with Crippen molar-refractivity contribution in [2.45, 2.75) is 25.7 Å². The second-order valence-corrected chi connectivity index (χ2v) is 10.0. The van der Waals surface area contributed by atoms with Gasteiger partial charge in [-0.2, -0.15) is 0 Å². The van der Waals surface area contributed by atoms with Gasteiger partial charge in [-0.3, -0.25) is 9.59 Å². The average molecular weight is 413 g/mol. The van der Waals surface area contributed by atoms with Crippen molar-refractivity contribution in [3.8, 4) is 0 Å². The molecule has 29 heavy (non-hydrogen) atoms. The third-order valence-electron chi connectivity index (χ3n) is 6.84. The highest BCUT2D eigenvalue weighted by Gasteiger charge is 2.58. The number of hydrogen-bond donors (Lipinski definition) is 0. The Labute approximate surface area is 175 Å². The van der Waals surface area contributed by atoms with Gasteiger partial charge < -0.3 is 14.7 Å². The molecule has 0 spiro atoms. The number of amides is 2. The van der Waals surface area contributed by atoms with Crippen LogP contribution in [0, 0.1) is 11.3 Å². The Hall–Kier alpha value is -1.99. The van der Waals surface area contributed by atoms with Crippen LogP contribution in [-0.2, 0) is 16.0 Å². The standard InChI is InChI=1S/C22H28N4O2S/c1-24-12-16-13-26(15-22(16,14-24)21(28)25-10-4-5-11-25)20(27)9-8-19-23-17-6-2-3-7-18(17)29-19/h2-3,6-7,16H,4-5,8-15H2,1H3/t16-,22-/m0/s1. The van der Waals surface area contributed by atoms with Gasteiger partial charge in [0.05, 0.1) is 20.6 Å². The number of aryl methyl sites for hydroxylation is 1. The van der Waals surface area contributed by atoms with Crippen LogP contribution >= 0.6 is 11.3 Å². The number of carbonyl (C=O) groups is 2. The fraction of sp³-hybridized carbons (Fsp3) is 0.591. The van der Waals surface area contributed by atoms with Crippen molar-refractivity contribution < 1.29 is 9.59 Å². The predicted molar refractivity (Wildman–Crippen MR) is 114 cm³/mol. The molecule has 3 fully saturated rings. The van der Waals surface area contributed by atoms with Crippen LogP contribution in [0.4, 0.5) is 0 Å². The summed E-state index contributed by atoms with van der Waals surface area (Å²) in [5.41, 5.74) is 0.610. The van der Waals surface area contributed by atoms with Gasteiger partial charge in [0.2, 0.25) is 11.8 Å². The first-order valence-electron chi connectivity index (χ1n) is 10.7. The molecule has 7 heteroatoms. The summed E-state index contributed by atoms with van der Waals surface area (Å²) < 4.78 is 1.17. The van der Waals surface area contributed by atoms with Crippen LogP contribution in [0.25, 0.3) is 10.2 Å². The fourth-order valence-corrected chi connectivity index (χ4v) is 6.41. The molecule has 5 rings (SSSR count). The van der Waals surface area contributed by atoms with Crippen molar-refractivity contribution in [2.24, 2.45) is 11.3 Å². The number of fused-ring (bicyclic) bond motifs is 2. The van der Waals surface area contributed by atoms with Crippen LogP contribution in [0.3, 0.4) is 0 Å². The van der Waals surface area contributed by atoms with E-state index in [1.54, 1.807) is 11.3 Å². The maximum absolute atomic E-state index is 13.4. The topological polar surface area (TPSA) is 56.8 Å². The Morgan fingerprint density at radius 3 is 2.72 bits per heavy atom. The molecule has 1 aromatic heterocycles. The molecule has 0 unspecified atom stereocenters. The molecule has 0 saturated carbocycles. The number of thiazole rings is 1. The predicted octanol–water partition coefficient (Wildman–Crippen LogP) is 2.24. The summed E-state index contributed by atoms with van der Waals surface area (Å²) in [5, 5.41) is 1.02. The number of likely N-dealkylation sites (tertiary alicyclic amines) is 3. The van der Waals surface area contributed by atoms with Crippen molar-refractivity contribution in [3.63, 3.8) is 0 Å². The number of benzene rings is 1. The minimum atomic E-state index is -0.398. The lowest BCUT2D eigenvalue weighted by atomic mass is 9.79. The Kier molecular flexibility index (Phi) is 4.82. The molecule has 0 aliphatic carbocycles. The SMILES string of the molecule is CN1C[C@H]2CN(C(=O)CCc3nc4ccccc4s3)C[C@@]2(C(=O)N2CCCC2)C1. The summed E-state index contributed by atoms with van der Waals surface area (Å²) in [4.78, 5) is 37.3. The van der Waals surface area contributed by atoms with Crippen LogP contribution in [0.5, 0.6) is 0 Å². The highest BCUT2D eigenvalue weighted by molar-refractivity contribution is 7.18. The summed E-state index contributed by atoms with van der Waals surface area (Å²) in [6.45, 7) is 4.72. The van der Waals surface area contributed by atoms with E-state index >= 15 is 0 Å². The van der Waals surface area contributed by atoms with Gasteiger partial charge >= 0.3 is 0 Å². The van der Waals surface area contributed by atoms with Gasteiger partial charge in [-0.1, -0.05) is 12.1 Å². The van der Waals surface area contributed by atoms with Crippen LogP contribution < -0.4 is 0 Å². The summed E-state index contributed by atoms with van der Waals surface area (Å²) in [6.07, 6.45) is 3.35. The molecule has 154 valence electrons. The largest absolute Gasteiger partial charge is 0.342 e. The fourth-order valence-electron chi connectivity index (χ4n) is 5.44. The number of nitrogens with zero attached hydrogens (tertiary/aromatic N) is 4. The monoisotopic (exact) mass is 412 g/mol. The second kappa shape index (κ2) is 7.36. The molecular weight excluding hydrogens is 384 g/mol. The molecule has 2 aromatic rings. The second-order valence-electron chi connectivity index (χ2n) is 8.90. The van der Waals surface area contributed by atoms with Gasteiger partial charge in [-0.15, -0.1) is 11.3 Å². The molecule has 2 atom stereocenters. The minimum absolute atomic E-state index is 0.162. The molecule has 6 nitrogen and oxygen atoms in total. The lowest BCUT2D eigenvalue weighted by Gasteiger charge is -2.32. The first-order chi connectivity index (χ1) is 14.0. The Balaban J connectivity index is 1.27. The van der Waals surface area contributed by atoms with Crippen molar-refractivity contribution in [1.29, 1.82) is 0 Å². The first-order valence-corrected chi connectivity index (χ1v) is 11.5. The number of rotatable bonds is 4. The normalized spacial score (nSPS) is 27.1. The average Bonchev–Trinajstić information content (AvgIpc) is 3.47. The number of para-hydroxylation sites is 1. The maximum Gasteiger partial charge on any atom is 0.232 e. The van der Waals surface area contributed by atoms with E-state index in [2.05, 4.69) is 23.0 Å². The molecule has 0 radical (unpaired) electrons. The molecule has 4 heterocycles. The van der Waals surface area contributed by atoms with Gasteiger partial charge in [0.25, 0.3) is 0 Å². The van der Waals surface area contributed by atoms with E-state index < -0.39 is 5.41 Å².